The Morgan fingerprint density at radius 1 is 1.50 bits per heavy atom. The molecule has 0 aliphatic carbocycles. The van der Waals surface area contributed by atoms with E-state index in [0.717, 1.165) is 22.0 Å². The topological polar surface area (TPSA) is 54.4 Å². The van der Waals surface area contributed by atoms with E-state index in [1.54, 1.807) is 30.6 Å². The van der Waals surface area contributed by atoms with Gasteiger partial charge in [0.1, 0.15) is 11.1 Å². The maximum absolute atomic E-state index is 9.13. The highest BCUT2D eigenvalue weighted by Gasteiger charge is 2.09. The maximum atomic E-state index is 9.13. The van der Waals surface area contributed by atoms with Gasteiger partial charge in [-0.1, -0.05) is 17.7 Å². The molecule has 1 unspecified atom stereocenters. The van der Waals surface area contributed by atoms with Crippen LogP contribution in [0.25, 0.3) is 0 Å². The third-order valence-electron chi connectivity index (χ3n) is 2.94. The molecule has 20 heavy (non-hydrogen) atoms. The smallest absolute Gasteiger partial charge is 0.122 e. The van der Waals surface area contributed by atoms with Gasteiger partial charge >= 0.3 is 0 Å². The normalized spacial score (nSPS) is 12.4. The molecule has 108 valence electrons. The largest absolute Gasteiger partial charge is 0.392 e. The molecule has 0 radical (unpaired) electrons. The minimum atomic E-state index is -0.00193. The molecule has 1 atom stereocenters. The highest BCUT2D eigenvalue weighted by Crippen LogP contribution is 2.25. The van der Waals surface area contributed by atoms with Crippen molar-refractivity contribution in [1.29, 1.82) is 0 Å². The van der Waals surface area contributed by atoms with Crippen molar-refractivity contribution in [2.24, 2.45) is 0 Å². The van der Waals surface area contributed by atoms with E-state index in [4.69, 9.17) is 21.4 Å². The van der Waals surface area contributed by atoms with Crippen LogP contribution in [0.1, 0.15) is 29.3 Å². The van der Waals surface area contributed by atoms with Crippen LogP contribution in [-0.4, -0.2) is 17.2 Å². The molecule has 0 spiro atoms. The molecule has 1 aromatic heterocycles. The number of halogens is 1. The number of nitrogens with zero attached hydrogens (tertiary/aromatic N) is 1. The highest BCUT2D eigenvalue weighted by molar-refractivity contribution is 7.09. The van der Waals surface area contributed by atoms with Crippen LogP contribution in [-0.2, 0) is 17.9 Å². The lowest BCUT2D eigenvalue weighted by atomic mass is 10.2. The Bertz CT molecular complexity index is 574. The summed E-state index contributed by atoms with van der Waals surface area (Å²) >= 11 is 7.70. The number of aliphatic hydroxyl groups is 1. The molecule has 0 fully saturated rings. The van der Waals surface area contributed by atoms with E-state index in [-0.39, 0.29) is 12.7 Å². The number of aromatic nitrogens is 1. The second kappa shape index (κ2) is 7.04. The Balaban J connectivity index is 2.03. The summed E-state index contributed by atoms with van der Waals surface area (Å²) in [6, 6.07) is 5.41. The van der Waals surface area contributed by atoms with Crippen molar-refractivity contribution >= 4 is 28.6 Å². The highest BCUT2D eigenvalue weighted by atomic mass is 35.5. The van der Waals surface area contributed by atoms with Crippen LogP contribution < -0.4 is 5.32 Å². The summed E-state index contributed by atoms with van der Waals surface area (Å²) in [5.74, 6) is 0. The average Bonchev–Trinajstić information content (AvgIpc) is 2.94. The van der Waals surface area contributed by atoms with E-state index in [1.807, 2.05) is 18.4 Å². The second-order valence-corrected chi connectivity index (χ2v) is 5.68. The molecule has 1 heterocycles. The maximum Gasteiger partial charge on any atom is 0.122 e. The van der Waals surface area contributed by atoms with Crippen LogP contribution >= 0.6 is 22.9 Å². The van der Waals surface area contributed by atoms with Gasteiger partial charge in [-0.25, -0.2) is 4.98 Å². The molecule has 6 heteroatoms. The molecular formula is C14H17ClN2O2S. The van der Waals surface area contributed by atoms with Gasteiger partial charge in [0.05, 0.1) is 29.6 Å². The zero-order valence-electron chi connectivity index (χ0n) is 11.4. The van der Waals surface area contributed by atoms with Crippen LogP contribution in [0.15, 0.2) is 23.6 Å². The number of anilines is 1. The number of methoxy groups -OCH3 is 1. The van der Waals surface area contributed by atoms with Crippen molar-refractivity contribution < 1.29 is 9.84 Å². The Kier molecular flexibility index (Phi) is 5.37. The number of benzene rings is 1. The van der Waals surface area contributed by atoms with Gasteiger partial charge in [-0.05, 0) is 24.6 Å². The fourth-order valence-corrected chi connectivity index (χ4v) is 2.72. The molecule has 0 aliphatic rings. The number of ether oxygens (including phenoxy) is 1. The van der Waals surface area contributed by atoms with Gasteiger partial charge in [-0.3, -0.25) is 0 Å². The van der Waals surface area contributed by atoms with Crippen LogP contribution in [0.2, 0.25) is 5.02 Å². The van der Waals surface area contributed by atoms with E-state index in [1.165, 1.54) is 0 Å². The predicted octanol–water partition coefficient (Wildman–Crippen LogP) is 3.61. The quantitative estimate of drug-likeness (QED) is 0.855. The minimum Gasteiger partial charge on any atom is -0.392 e. The first-order valence-electron chi connectivity index (χ1n) is 6.24. The van der Waals surface area contributed by atoms with Crippen molar-refractivity contribution in [2.75, 3.05) is 12.4 Å². The summed E-state index contributed by atoms with van der Waals surface area (Å²) in [4.78, 5) is 4.51. The van der Waals surface area contributed by atoms with Crippen molar-refractivity contribution in [3.8, 4) is 0 Å². The Labute approximate surface area is 127 Å². The first kappa shape index (κ1) is 15.3. The van der Waals surface area contributed by atoms with Crippen molar-refractivity contribution in [3.05, 3.63) is 44.9 Å². The van der Waals surface area contributed by atoms with E-state index in [0.29, 0.717) is 11.6 Å². The zero-order chi connectivity index (χ0) is 14.5. The number of nitrogens with one attached hydrogen (secondary N) is 1. The molecule has 0 amide bonds. The summed E-state index contributed by atoms with van der Waals surface area (Å²) < 4.78 is 5.24. The van der Waals surface area contributed by atoms with Gasteiger partial charge in [0, 0.05) is 12.5 Å². The summed E-state index contributed by atoms with van der Waals surface area (Å²) in [6.45, 7) is 2.55. The van der Waals surface area contributed by atoms with Crippen LogP contribution in [0.5, 0.6) is 0 Å². The third kappa shape index (κ3) is 3.70. The molecule has 2 rings (SSSR count). The number of thiazole rings is 1. The van der Waals surface area contributed by atoms with E-state index in [9.17, 15) is 0 Å². The van der Waals surface area contributed by atoms with Crippen LogP contribution in [0, 0.1) is 0 Å². The minimum absolute atomic E-state index is 0.00193. The molecule has 2 N–H and O–H groups in total. The Morgan fingerprint density at radius 3 is 3.00 bits per heavy atom. The lowest BCUT2D eigenvalue weighted by molar-refractivity contribution is 0.119. The SMILES string of the molecule is COC(C)c1nc(CNc2cc(CO)ccc2Cl)cs1. The van der Waals surface area contributed by atoms with Gasteiger partial charge in [0.25, 0.3) is 0 Å². The standard InChI is InChI=1S/C14H17ClN2O2S/c1-9(19-2)14-17-11(8-20-14)6-16-13-5-10(7-18)3-4-12(13)15/h3-5,8-9,16,18H,6-7H2,1-2H3. The van der Waals surface area contributed by atoms with Gasteiger partial charge in [-0.2, -0.15) is 0 Å². The van der Waals surface area contributed by atoms with Crippen LogP contribution in [0.4, 0.5) is 5.69 Å². The molecule has 4 nitrogen and oxygen atoms in total. The summed E-state index contributed by atoms with van der Waals surface area (Å²) in [7, 11) is 1.67. The molecule has 0 aliphatic heterocycles. The van der Waals surface area contributed by atoms with E-state index in [2.05, 4.69) is 10.3 Å². The van der Waals surface area contributed by atoms with Gasteiger partial charge in [0.2, 0.25) is 0 Å². The van der Waals surface area contributed by atoms with Crippen molar-refractivity contribution in [1.82, 2.24) is 4.98 Å². The lowest BCUT2D eigenvalue weighted by Crippen LogP contribution is -2.02. The third-order valence-corrected chi connectivity index (χ3v) is 4.33. The first-order chi connectivity index (χ1) is 9.63. The Morgan fingerprint density at radius 2 is 2.30 bits per heavy atom. The van der Waals surface area contributed by atoms with Crippen LogP contribution in [0.3, 0.4) is 0 Å². The molecule has 0 bridgehead atoms. The Hall–Kier alpha value is -1.14. The van der Waals surface area contributed by atoms with Crippen molar-refractivity contribution in [2.45, 2.75) is 26.2 Å². The molecule has 1 aromatic carbocycles. The van der Waals surface area contributed by atoms with Crippen molar-refractivity contribution in [3.63, 3.8) is 0 Å². The summed E-state index contributed by atoms with van der Waals surface area (Å²) in [5.41, 5.74) is 2.57. The number of hydrogen-bond acceptors (Lipinski definition) is 5. The van der Waals surface area contributed by atoms with E-state index >= 15 is 0 Å². The van der Waals surface area contributed by atoms with E-state index < -0.39 is 0 Å². The molecule has 2 aromatic rings. The number of hydrogen-bond donors (Lipinski definition) is 2. The predicted molar refractivity (Wildman–Crippen MR) is 82.2 cm³/mol. The number of aliphatic hydroxyl groups excluding tert-OH is 1. The fraction of sp³-hybridized carbons (Fsp3) is 0.357. The first-order valence-corrected chi connectivity index (χ1v) is 7.50. The van der Waals surface area contributed by atoms with Gasteiger partial charge in [0.15, 0.2) is 0 Å². The molecule has 0 saturated heterocycles. The molecular weight excluding hydrogens is 296 g/mol. The second-order valence-electron chi connectivity index (χ2n) is 4.38. The van der Waals surface area contributed by atoms with Gasteiger partial charge < -0.3 is 15.2 Å². The summed E-state index contributed by atoms with van der Waals surface area (Å²) in [6.07, 6.45) is 0.00931. The monoisotopic (exact) mass is 312 g/mol. The molecule has 0 saturated carbocycles. The summed E-state index contributed by atoms with van der Waals surface area (Å²) in [5, 5.41) is 16.0. The fourth-order valence-electron chi connectivity index (χ4n) is 1.68. The average molecular weight is 313 g/mol. The lowest BCUT2D eigenvalue weighted by Gasteiger charge is -2.08. The zero-order valence-corrected chi connectivity index (χ0v) is 13.0. The number of rotatable bonds is 6. The van der Waals surface area contributed by atoms with Gasteiger partial charge in [-0.15, -0.1) is 11.3 Å².